The normalized spacial score (nSPS) is 33.2. The maximum absolute atomic E-state index is 11.4. The van der Waals surface area contributed by atoms with Crippen LogP contribution in [0.4, 0.5) is 4.79 Å². The number of ketones is 1. The molecule has 2 rings (SSSR count). The molecule has 2 atom stereocenters. The number of hydrogen-bond acceptors (Lipinski definition) is 2. The molecule has 4 nitrogen and oxygen atoms in total. The van der Waals surface area contributed by atoms with Crippen molar-refractivity contribution in [3.8, 4) is 0 Å². The van der Waals surface area contributed by atoms with E-state index in [2.05, 4.69) is 0 Å². The molecule has 0 unspecified atom stereocenters. The predicted octanol–water partition coefficient (Wildman–Crippen LogP) is 1.11. The molecule has 2 fully saturated rings. The molecule has 1 N–H and O–H groups in total. The van der Waals surface area contributed by atoms with Gasteiger partial charge in [0.15, 0.2) is 0 Å². The molecule has 1 saturated heterocycles. The topological polar surface area (TPSA) is 57.6 Å². The van der Waals surface area contributed by atoms with Crippen molar-refractivity contribution in [3.05, 3.63) is 0 Å². The SMILES string of the molecule is O=C1CCC[C@@H]2[C@H]1CCN2C(=O)O. The number of Topliss-reactive ketones (excluding diaryl/α,β-unsaturated/α-hetero) is 1. The first kappa shape index (κ1) is 8.53. The third-order valence-corrected chi connectivity index (χ3v) is 3.13. The van der Waals surface area contributed by atoms with Gasteiger partial charge in [-0.3, -0.25) is 4.79 Å². The minimum Gasteiger partial charge on any atom is -0.465 e. The van der Waals surface area contributed by atoms with E-state index in [0.29, 0.717) is 13.0 Å². The highest BCUT2D eigenvalue weighted by Gasteiger charge is 2.42. The lowest BCUT2D eigenvalue weighted by Crippen LogP contribution is -2.41. The number of hydrogen-bond donors (Lipinski definition) is 1. The van der Waals surface area contributed by atoms with Gasteiger partial charge in [-0.05, 0) is 19.3 Å². The van der Waals surface area contributed by atoms with Gasteiger partial charge in [0.05, 0.1) is 0 Å². The van der Waals surface area contributed by atoms with Crippen LogP contribution in [-0.4, -0.2) is 34.5 Å². The summed E-state index contributed by atoms with van der Waals surface area (Å²) in [6, 6.07) is -0.0150. The van der Waals surface area contributed by atoms with Gasteiger partial charge in [-0.15, -0.1) is 0 Å². The van der Waals surface area contributed by atoms with Crippen LogP contribution in [0.2, 0.25) is 0 Å². The molecule has 0 aromatic rings. The van der Waals surface area contributed by atoms with E-state index in [-0.39, 0.29) is 17.7 Å². The fourth-order valence-corrected chi connectivity index (χ4v) is 2.49. The lowest BCUT2D eigenvalue weighted by atomic mass is 9.84. The minimum atomic E-state index is -0.873. The number of fused-ring (bicyclic) bond motifs is 1. The Labute approximate surface area is 76.5 Å². The molecule has 0 spiro atoms. The zero-order valence-corrected chi connectivity index (χ0v) is 7.40. The molecular formula is C9H13NO3. The van der Waals surface area contributed by atoms with Crippen molar-refractivity contribution in [2.75, 3.05) is 6.54 Å². The van der Waals surface area contributed by atoms with E-state index < -0.39 is 6.09 Å². The van der Waals surface area contributed by atoms with Crippen LogP contribution in [0.1, 0.15) is 25.7 Å². The monoisotopic (exact) mass is 183 g/mol. The average molecular weight is 183 g/mol. The van der Waals surface area contributed by atoms with Crippen LogP contribution >= 0.6 is 0 Å². The van der Waals surface area contributed by atoms with Crippen LogP contribution in [0, 0.1) is 5.92 Å². The Bertz CT molecular complexity index is 245. The summed E-state index contributed by atoms with van der Waals surface area (Å²) < 4.78 is 0. The Balaban J connectivity index is 2.14. The minimum absolute atomic E-state index is 0.00449. The average Bonchev–Trinajstić information content (AvgIpc) is 2.48. The second-order valence-corrected chi connectivity index (χ2v) is 3.80. The molecule has 0 aromatic heterocycles. The number of carboxylic acid groups (broad SMARTS) is 1. The quantitative estimate of drug-likeness (QED) is 0.612. The number of amides is 1. The van der Waals surface area contributed by atoms with Gasteiger partial charge < -0.3 is 10.0 Å². The third kappa shape index (κ3) is 1.30. The van der Waals surface area contributed by atoms with Crippen molar-refractivity contribution in [1.29, 1.82) is 0 Å². The van der Waals surface area contributed by atoms with E-state index in [0.717, 1.165) is 19.3 Å². The largest absolute Gasteiger partial charge is 0.465 e. The summed E-state index contributed by atoms with van der Waals surface area (Å²) in [5.41, 5.74) is 0. The van der Waals surface area contributed by atoms with Crippen molar-refractivity contribution < 1.29 is 14.7 Å². The van der Waals surface area contributed by atoms with Gasteiger partial charge in [0.1, 0.15) is 5.78 Å². The molecule has 13 heavy (non-hydrogen) atoms. The van der Waals surface area contributed by atoms with E-state index in [4.69, 9.17) is 5.11 Å². The van der Waals surface area contributed by atoms with Gasteiger partial charge in [-0.1, -0.05) is 0 Å². The number of carbonyl (C=O) groups is 2. The van der Waals surface area contributed by atoms with Gasteiger partial charge in [0.25, 0.3) is 0 Å². The van der Waals surface area contributed by atoms with Crippen LogP contribution < -0.4 is 0 Å². The van der Waals surface area contributed by atoms with Gasteiger partial charge >= 0.3 is 6.09 Å². The molecule has 0 bridgehead atoms. The molecule has 0 radical (unpaired) electrons. The first-order valence-corrected chi connectivity index (χ1v) is 4.72. The maximum Gasteiger partial charge on any atom is 0.407 e. The second-order valence-electron chi connectivity index (χ2n) is 3.80. The highest BCUT2D eigenvalue weighted by molar-refractivity contribution is 5.84. The summed E-state index contributed by atoms with van der Waals surface area (Å²) in [6.45, 7) is 0.538. The fourth-order valence-electron chi connectivity index (χ4n) is 2.49. The van der Waals surface area contributed by atoms with Crippen LogP contribution in [0.5, 0.6) is 0 Å². The van der Waals surface area contributed by atoms with Crippen LogP contribution in [-0.2, 0) is 4.79 Å². The fraction of sp³-hybridized carbons (Fsp3) is 0.778. The van der Waals surface area contributed by atoms with E-state index in [9.17, 15) is 9.59 Å². The highest BCUT2D eigenvalue weighted by Crippen LogP contribution is 2.33. The number of likely N-dealkylation sites (tertiary alicyclic amines) is 1. The van der Waals surface area contributed by atoms with Gasteiger partial charge in [0, 0.05) is 24.9 Å². The Morgan fingerprint density at radius 1 is 1.46 bits per heavy atom. The molecule has 1 heterocycles. The van der Waals surface area contributed by atoms with Crippen molar-refractivity contribution in [2.24, 2.45) is 5.92 Å². The van der Waals surface area contributed by atoms with Crippen molar-refractivity contribution in [3.63, 3.8) is 0 Å². The van der Waals surface area contributed by atoms with Crippen LogP contribution in [0.3, 0.4) is 0 Å². The summed E-state index contributed by atoms with van der Waals surface area (Å²) in [6.07, 6.45) is 2.22. The summed E-state index contributed by atoms with van der Waals surface area (Å²) >= 11 is 0. The first-order chi connectivity index (χ1) is 6.20. The smallest absolute Gasteiger partial charge is 0.407 e. The standard InChI is InChI=1S/C9H13NO3/c11-8-3-1-2-7-6(8)4-5-10(7)9(12)13/h6-7H,1-5H2,(H,12,13)/t6-,7-/m1/s1. The molecule has 4 heteroatoms. The van der Waals surface area contributed by atoms with Crippen molar-refractivity contribution >= 4 is 11.9 Å². The van der Waals surface area contributed by atoms with E-state index in [1.165, 1.54) is 4.90 Å². The molecule has 1 aliphatic carbocycles. The molecule has 2 aliphatic rings. The third-order valence-electron chi connectivity index (χ3n) is 3.13. The maximum atomic E-state index is 11.4. The number of nitrogens with zero attached hydrogens (tertiary/aromatic N) is 1. The summed E-state index contributed by atoms with van der Waals surface area (Å²) in [5, 5.41) is 8.85. The van der Waals surface area contributed by atoms with E-state index >= 15 is 0 Å². The molecule has 1 amide bonds. The lowest BCUT2D eigenvalue weighted by Gasteiger charge is -2.28. The summed E-state index contributed by atoms with van der Waals surface area (Å²) in [4.78, 5) is 23.6. The first-order valence-electron chi connectivity index (χ1n) is 4.72. The van der Waals surface area contributed by atoms with Crippen molar-refractivity contribution in [2.45, 2.75) is 31.7 Å². The van der Waals surface area contributed by atoms with Gasteiger partial charge in [-0.2, -0.15) is 0 Å². The molecule has 72 valence electrons. The molecule has 0 aromatic carbocycles. The van der Waals surface area contributed by atoms with Crippen LogP contribution in [0.25, 0.3) is 0 Å². The number of carbonyl (C=O) groups excluding carboxylic acids is 1. The van der Waals surface area contributed by atoms with Gasteiger partial charge in [0.2, 0.25) is 0 Å². The zero-order chi connectivity index (χ0) is 9.42. The Morgan fingerprint density at radius 3 is 2.92 bits per heavy atom. The van der Waals surface area contributed by atoms with E-state index in [1.54, 1.807) is 0 Å². The Hall–Kier alpha value is -1.06. The molecular weight excluding hydrogens is 170 g/mol. The molecule has 1 aliphatic heterocycles. The lowest BCUT2D eigenvalue weighted by molar-refractivity contribution is -0.125. The van der Waals surface area contributed by atoms with Crippen molar-refractivity contribution in [1.82, 2.24) is 4.90 Å². The Morgan fingerprint density at radius 2 is 2.23 bits per heavy atom. The molecule has 1 saturated carbocycles. The second kappa shape index (κ2) is 3.01. The summed E-state index contributed by atoms with van der Waals surface area (Å²) in [7, 11) is 0. The highest BCUT2D eigenvalue weighted by atomic mass is 16.4. The summed E-state index contributed by atoms with van der Waals surface area (Å²) in [5.74, 6) is 0.268. The Kier molecular flexibility index (Phi) is 1.98. The van der Waals surface area contributed by atoms with E-state index in [1.807, 2.05) is 0 Å². The van der Waals surface area contributed by atoms with Gasteiger partial charge in [-0.25, -0.2) is 4.79 Å². The zero-order valence-electron chi connectivity index (χ0n) is 7.40. The van der Waals surface area contributed by atoms with Crippen LogP contribution in [0.15, 0.2) is 0 Å². The predicted molar refractivity (Wildman–Crippen MR) is 45.5 cm³/mol. The number of rotatable bonds is 0.